The summed E-state index contributed by atoms with van der Waals surface area (Å²) < 4.78 is 2.54. The first-order chi connectivity index (χ1) is 41.0. The minimum atomic E-state index is -0.124. The molecule has 0 saturated carbocycles. The molecule has 0 amide bonds. The molecule has 6 heteroatoms. The van der Waals surface area contributed by atoms with Crippen LogP contribution in [0.25, 0.3) is 49.4 Å². The maximum Gasteiger partial charge on any atom is 0.252 e. The Bertz CT molecular complexity index is 4640. The molecule has 0 unspecified atom stereocenters. The first kappa shape index (κ1) is 49.8. The molecule has 402 valence electrons. The average Bonchev–Trinajstić information content (AvgIpc) is 1.44. The van der Waals surface area contributed by atoms with Crippen molar-refractivity contribution in [3.63, 3.8) is 0 Å². The highest BCUT2D eigenvalue weighted by molar-refractivity contribution is 7.00. The zero-order chi connectivity index (χ0) is 56.6. The Morgan fingerprint density at radius 2 is 0.857 bits per heavy atom. The van der Waals surface area contributed by atoms with E-state index in [9.17, 15) is 0 Å². The van der Waals surface area contributed by atoms with Crippen LogP contribution in [0.3, 0.4) is 0 Å². The third kappa shape index (κ3) is 7.70. The van der Waals surface area contributed by atoms with Gasteiger partial charge in [0.2, 0.25) is 0 Å². The van der Waals surface area contributed by atoms with Crippen LogP contribution in [-0.2, 0) is 10.8 Å². The summed E-state index contributed by atoms with van der Waals surface area (Å²) in [5.41, 5.74) is 25.9. The van der Waals surface area contributed by atoms with Crippen LogP contribution >= 0.6 is 0 Å². The number of aromatic nitrogens is 1. The molecule has 1 aromatic heterocycles. The van der Waals surface area contributed by atoms with Gasteiger partial charge in [-0.2, -0.15) is 0 Å². The van der Waals surface area contributed by atoms with Crippen molar-refractivity contribution in [1.29, 1.82) is 0 Å². The van der Waals surface area contributed by atoms with Gasteiger partial charge in [-0.3, -0.25) is 0 Å². The van der Waals surface area contributed by atoms with Crippen molar-refractivity contribution in [2.45, 2.75) is 52.4 Å². The fourth-order valence-electron chi connectivity index (χ4n) is 13.9. The smallest absolute Gasteiger partial charge is 0.252 e. The van der Waals surface area contributed by atoms with E-state index in [1.165, 1.54) is 94.0 Å². The highest BCUT2D eigenvalue weighted by Gasteiger charge is 2.47. The van der Waals surface area contributed by atoms with Gasteiger partial charge < -0.3 is 24.2 Å². The van der Waals surface area contributed by atoms with E-state index >= 15 is 0 Å². The van der Waals surface area contributed by atoms with Crippen molar-refractivity contribution >= 4 is 124 Å². The van der Waals surface area contributed by atoms with Crippen molar-refractivity contribution < 1.29 is 0 Å². The third-order valence-corrected chi connectivity index (χ3v) is 17.9. The molecule has 3 aliphatic heterocycles. The molecule has 12 aromatic carbocycles. The summed E-state index contributed by atoms with van der Waals surface area (Å²) in [6.45, 7) is 13.6. The van der Waals surface area contributed by atoms with Crippen molar-refractivity contribution in [2.24, 2.45) is 0 Å². The number of nitrogens with zero attached hydrogens (tertiary/aromatic N) is 5. The third-order valence-electron chi connectivity index (χ3n) is 17.9. The highest BCUT2D eigenvalue weighted by atomic mass is 15.2. The Morgan fingerprint density at radius 3 is 1.52 bits per heavy atom. The van der Waals surface area contributed by atoms with E-state index in [1.54, 1.807) is 0 Å². The molecule has 5 nitrogen and oxygen atoms in total. The van der Waals surface area contributed by atoms with Gasteiger partial charge in [-0.05, 0) is 163 Å². The van der Waals surface area contributed by atoms with Crippen molar-refractivity contribution in [2.75, 3.05) is 19.6 Å². The second-order valence-electron chi connectivity index (χ2n) is 25.0. The van der Waals surface area contributed by atoms with Gasteiger partial charge in [0.05, 0.1) is 33.8 Å². The molecule has 13 aromatic rings. The monoisotopic (exact) mass is 1080 g/mol. The van der Waals surface area contributed by atoms with Crippen LogP contribution in [0.15, 0.2) is 267 Å². The summed E-state index contributed by atoms with van der Waals surface area (Å²) in [6, 6.07) is 100. The van der Waals surface area contributed by atoms with E-state index in [1.807, 2.05) is 0 Å². The maximum absolute atomic E-state index is 2.62. The molecule has 84 heavy (non-hydrogen) atoms. The fourth-order valence-corrected chi connectivity index (χ4v) is 13.9. The standard InChI is InChI=1S/C78H62BN5/c1-77(2,3)53-36-42-57(43-37-53)80(58-44-38-54(39-45-58)78(4,5)6)60-46-47-66-71(48-60)82(59-40-34-52(35-41-59)63-28-17-21-51-20-13-14-26-62(51)63)72-49-61(81(55-22-9-7-10-23-55)56-24-11-8-12-25-56)50-73-74(72)79(66)67-30-19-33-70-76(67)84(73)69-32-18-29-65-64-27-15-16-31-68(64)83(70)75(65)69/h7-50H,1-6H3. The summed E-state index contributed by atoms with van der Waals surface area (Å²) in [7, 11) is 0. The molecule has 0 N–H and O–H groups in total. The molecular weight excluding hydrogens is 1020 g/mol. The van der Waals surface area contributed by atoms with Crippen LogP contribution in [0, 0.1) is 0 Å². The number of benzene rings is 12. The van der Waals surface area contributed by atoms with E-state index in [0.29, 0.717) is 0 Å². The van der Waals surface area contributed by atoms with E-state index < -0.39 is 0 Å². The molecule has 0 saturated heterocycles. The van der Waals surface area contributed by atoms with Crippen molar-refractivity contribution in [3.8, 4) is 16.8 Å². The summed E-state index contributed by atoms with van der Waals surface area (Å²) in [5, 5.41) is 4.98. The Hall–Kier alpha value is -10.0. The Labute approximate surface area is 492 Å². The number of anilines is 12. The highest BCUT2D eigenvalue weighted by Crippen LogP contribution is 2.54. The van der Waals surface area contributed by atoms with Gasteiger partial charge in [0.25, 0.3) is 6.71 Å². The Balaban J connectivity index is 1.00. The van der Waals surface area contributed by atoms with Crippen LogP contribution in [0.4, 0.5) is 68.2 Å². The van der Waals surface area contributed by atoms with E-state index in [4.69, 9.17) is 0 Å². The topological polar surface area (TPSA) is 17.9 Å². The molecular formula is C78H62BN5. The summed E-state index contributed by atoms with van der Waals surface area (Å²) in [5.74, 6) is 0. The SMILES string of the molecule is CC(C)(C)c1ccc(N(c2ccc(C(C)(C)C)cc2)c2ccc3c(c2)N(c2ccc(-c4cccc5ccccc45)cc2)c2cc(N(c4ccccc4)c4ccccc4)cc4c2B3c2cccc3c2N4c2cccc4c5ccccc5n-3c24)cc1. The van der Waals surface area contributed by atoms with Crippen LogP contribution in [0.1, 0.15) is 52.7 Å². The zero-order valence-corrected chi connectivity index (χ0v) is 48.2. The molecule has 3 aliphatic rings. The number of hydrogen-bond acceptors (Lipinski definition) is 4. The Kier molecular flexibility index (Phi) is 11.1. The second-order valence-corrected chi connectivity index (χ2v) is 25.0. The summed E-state index contributed by atoms with van der Waals surface area (Å²) in [6.07, 6.45) is 0. The summed E-state index contributed by atoms with van der Waals surface area (Å²) >= 11 is 0. The predicted octanol–water partition coefficient (Wildman–Crippen LogP) is 19.5. The largest absolute Gasteiger partial charge is 0.311 e. The average molecular weight is 1080 g/mol. The fraction of sp³-hybridized carbons (Fsp3) is 0.103. The van der Waals surface area contributed by atoms with Gasteiger partial charge in [0, 0.05) is 62.0 Å². The van der Waals surface area contributed by atoms with Crippen LogP contribution in [-0.4, -0.2) is 11.3 Å². The molecule has 0 spiro atoms. The Morgan fingerprint density at radius 1 is 0.345 bits per heavy atom. The van der Waals surface area contributed by atoms with Crippen LogP contribution in [0.2, 0.25) is 0 Å². The molecule has 0 atom stereocenters. The van der Waals surface area contributed by atoms with E-state index in [-0.39, 0.29) is 17.5 Å². The van der Waals surface area contributed by atoms with Gasteiger partial charge in [0.1, 0.15) is 0 Å². The zero-order valence-electron chi connectivity index (χ0n) is 48.2. The lowest BCUT2D eigenvalue weighted by atomic mass is 9.33. The number of hydrogen-bond donors (Lipinski definition) is 0. The predicted molar refractivity (Wildman–Crippen MR) is 358 cm³/mol. The lowest BCUT2D eigenvalue weighted by Crippen LogP contribution is -2.61. The first-order valence-electron chi connectivity index (χ1n) is 29.5. The van der Waals surface area contributed by atoms with Crippen molar-refractivity contribution in [1.82, 2.24) is 4.57 Å². The molecule has 0 bridgehead atoms. The van der Waals surface area contributed by atoms with Gasteiger partial charge in [-0.25, -0.2) is 0 Å². The number of fused-ring (bicyclic) bond motifs is 10. The molecule has 0 radical (unpaired) electrons. The van der Waals surface area contributed by atoms with Gasteiger partial charge in [0.15, 0.2) is 0 Å². The normalized spacial score (nSPS) is 13.0. The van der Waals surface area contributed by atoms with E-state index in [2.05, 4.69) is 333 Å². The number of para-hydroxylation sites is 5. The minimum Gasteiger partial charge on any atom is -0.311 e. The van der Waals surface area contributed by atoms with Gasteiger partial charge in [-0.15, -0.1) is 0 Å². The lowest BCUT2D eigenvalue weighted by molar-refractivity contribution is 0.590. The number of rotatable bonds is 8. The quantitative estimate of drug-likeness (QED) is 0.141. The first-order valence-corrected chi connectivity index (χ1v) is 29.5. The van der Waals surface area contributed by atoms with Gasteiger partial charge in [-0.1, -0.05) is 205 Å². The van der Waals surface area contributed by atoms with Crippen molar-refractivity contribution in [3.05, 3.63) is 278 Å². The molecule has 0 fully saturated rings. The lowest BCUT2D eigenvalue weighted by Gasteiger charge is -2.47. The molecule has 4 heterocycles. The molecule has 16 rings (SSSR count). The van der Waals surface area contributed by atoms with Crippen LogP contribution < -0.4 is 36.0 Å². The minimum absolute atomic E-state index is 0.00360. The van der Waals surface area contributed by atoms with Crippen LogP contribution in [0.5, 0.6) is 0 Å². The van der Waals surface area contributed by atoms with E-state index in [0.717, 1.165) is 51.2 Å². The second kappa shape index (κ2) is 18.7. The maximum atomic E-state index is 2.62. The summed E-state index contributed by atoms with van der Waals surface area (Å²) in [4.78, 5) is 10.1. The molecule has 0 aliphatic carbocycles. The van der Waals surface area contributed by atoms with Gasteiger partial charge >= 0.3 is 0 Å².